The lowest BCUT2D eigenvalue weighted by molar-refractivity contribution is -0.141. The fourth-order valence-electron chi connectivity index (χ4n) is 4.09. The summed E-state index contributed by atoms with van der Waals surface area (Å²) in [5, 5.41) is 12.7. The van der Waals surface area contributed by atoms with E-state index in [1.165, 1.54) is 13.1 Å². The zero-order valence-corrected chi connectivity index (χ0v) is 25.3. The Balaban J connectivity index is 1.44. The van der Waals surface area contributed by atoms with E-state index in [0.717, 1.165) is 18.1 Å². The molecule has 2 aromatic heterocycles. The number of hydrogen-bond donors (Lipinski definition) is 0. The van der Waals surface area contributed by atoms with Gasteiger partial charge in [0.25, 0.3) is 5.56 Å². The molecule has 2 aromatic rings. The number of piperazine rings is 1. The standard InChI is InChI=1S/C27H37F3N6O5Si/c1-20(41-22-17-33-36(19-40-13-14-42(2,3)4)26(38)25(22)27(28,29)30)18-39-12-7-24(37)35-10-8-34(9-11-35)23-6-5-21(15-31)16-32-23/h5-6,16-17,20H,7-14,18-19H2,1-4H3. The van der Waals surface area contributed by atoms with Crippen LogP contribution >= 0.6 is 0 Å². The molecule has 1 aliphatic heterocycles. The van der Waals surface area contributed by atoms with E-state index in [0.29, 0.717) is 43.0 Å². The number of nitriles is 1. The van der Waals surface area contributed by atoms with E-state index in [4.69, 9.17) is 19.5 Å². The number of ether oxygens (including phenoxy) is 3. The van der Waals surface area contributed by atoms with E-state index in [1.54, 1.807) is 17.0 Å². The van der Waals surface area contributed by atoms with E-state index >= 15 is 0 Å². The lowest BCUT2D eigenvalue weighted by Gasteiger charge is -2.35. The van der Waals surface area contributed by atoms with Crippen molar-refractivity contribution in [2.45, 2.75) is 58.0 Å². The zero-order valence-electron chi connectivity index (χ0n) is 24.3. The van der Waals surface area contributed by atoms with Crippen molar-refractivity contribution in [1.29, 1.82) is 5.26 Å². The van der Waals surface area contributed by atoms with Gasteiger partial charge >= 0.3 is 6.18 Å². The van der Waals surface area contributed by atoms with Crippen LogP contribution in [-0.4, -0.2) is 85.7 Å². The third kappa shape index (κ3) is 9.81. The van der Waals surface area contributed by atoms with Crippen LogP contribution in [0.4, 0.5) is 19.0 Å². The summed E-state index contributed by atoms with van der Waals surface area (Å²) in [5.41, 5.74) is -2.32. The third-order valence-electron chi connectivity index (χ3n) is 6.48. The summed E-state index contributed by atoms with van der Waals surface area (Å²) < 4.78 is 58.2. The van der Waals surface area contributed by atoms with Crippen LogP contribution in [0.15, 0.2) is 29.3 Å². The first-order valence-electron chi connectivity index (χ1n) is 13.7. The van der Waals surface area contributed by atoms with Crippen molar-refractivity contribution in [3.8, 4) is 11.8 Å². The summed E-state index contributed by atoms with van der Waals surface area (Å²) in [4.78, 5) is 33.2. The van der Waals surface area contributed by atoms with Gasteiger partial charge < -0.3 is 24.0 Å². The molecule has 0 N–H and O–H groups in total. The molecule has 42 heavy (non-hydrogen) atoms. The Hall–Kier alpha value is -3.48. The first-order valence-corrected chi connectivity index (χ1v) is 17.4. The molecular formula is C27H37F3N6O5Si. The molecule has 0 aliphatic carbocycles. The van der Waals surface area contributed by atoms with Crippen molar-refractivity contribution >= 4 is 19.8 Å². The van der Waals surface area contributed by atoms with Crippen molar-refractivity contribution < 1.29 is 32.2 Å². The highest BCUT2D eigenvalue weighted by atomic mass is 28.3. The Morgan fingerprint density at radius 1 is 1.12 bits per heavy atom. The maximum Gasteiger partial charge on any atom is 0.425 e. The maximum absolute atomic E-state index is 13.8. The summed E-state index contributed by atoms with van der Waals surface area (Å²) in [6.45, 7) is 10.0. The number of aromatic nitrogens is 3. The molecule has 3 heterocycles. The molecule has 11 nitrogen and oxygen atoms in total. The lowest BCUT2D eigenvalue weighted by atomic mass is 10.2. The number of hydrogen-bond acceptors (Lipinski definition) is 9. The van der Waals surface area contributed by atoms with Gasteiger partial charge in [0.05, 0.1) is 31.4 Å². The predicted molar refractivity (Wildman–Crippen MR) is 151 cm³/mol. The molecular weight excluding hydrogens is 573 g/mol. The fraction of sp³-hybridized carbons (Fsp3) is 0.593. The Morgan fingerprint density at radius 2 is 1.83 bits per heavy atom. The van der Waals surface area contributed by atoms with Gasteiger partial charge in [0.15, 0.2) is 11.3 Å². The minimum atomic E-state index is -4.96. The number of anilines is 1. The second-order valence-electron chi connectivity index (χ2n) is 11.2. The largest absolute Gasteiger partial charge is 0.486 e. The molecule has 1 unspecified atom stereocenters. The number of pyridine rings is 1. The molecule has 1 amide bonds. The van der Waals surface area contributed by atoms with Crippen LogP contribution in [0.1, 0.15) is 24.5 Å². The molecule has 1 aliphatic rings. The molecule has 0 saturated carbocycles. The Kier molecular flexibility index (Phi) is 11.5. The van der Waals surface area contributed by atoms with Crippen LogP contribution in [0.2, 0.25) is 25.7 Å². The predicted octanol–water partition coefficient (Wildman–Crippen LogP) is 3.36. The Bertz CT molecular complexity index is 1290. The molecule has 3 rings (SSSR count). The highest BCUT2D eigenvalue weighted by Gasteiger charge is 2.39. The van der Waals surface area contributed by atoms with Gasteiger partial charge in [-0.1, -0.05) is 19.6 Å². The van der Waals surface area contributed by atoms with Gasteiger partial charge in [-0.2, -0.15) is 23.5 Å². The molecule has 1 fully saturated rings. The SMILES string of the molecule is CC(COCCC(=O)N1CCN(c2ccc(C#N)cn2)CC1)Oc1cnn(COCC[Si](C)(C)C)c(=O)c1C(F)(F)F. The molecule has 1 saturated heterocycles. The highest BCUT2D eigenvalue weighted by Crippen LogP contribution is 2.33. The van der Waals surface area contributed by atoms with Crippen LogP contribution in [0.5, 0.6) is 5.75 Å². The molecule has 0 spiro atoms. The van der Waals surface area contributed by atoms with E-state index in [9.17, 15) is 22.8 Å². The average molecular weight is 611 g/mol. The van der Waals surface area contributed by atoms with Crippen molar-refractivity contribution in [3.05, 3.63) is 46.0 Å². The quantitative estimate of drug-likeness (QED) is 0.248. The normalized spacial score (nSPS) is 14.9. The number of halogens is 3. The van der Waals surface area contributed by atoms with Gasteiger partial charge in [-0.3, -0.25) is 9.59 Å². The average Bonchev–Trinajstić information content (AvgIpc) is 2.93. The maximum atomic E-state index is 13.8. The summed E-state index contributed by atoms with van der Waals surface area (Å²) in [7, 11) is -1.40. The Morgan fingerprint density at radius 3 is 2.43 bits per heavy atom. The molecule has 0 radical (unpaired) electrons. The zero-order chi connectivity index (χ0) is 30.9. The topological polar surface area (TPSA) is 123 Å². The van der Waals surface area contributed by atoms with Crippen LogP contribution in [0.25, 0.3) is 0 Å². The van der Waals surface area contributed by atoms with Crippen molar-refractivity contribution in [2.24, 2.45) is 0 Å². The van der Waals surface area contributed by atoms with Gasteiger partial charge in [0, 0.05) is 47.1 Å². The van der Waals surface area contributed by atoms with E-state index in [1.807, 2.05) is 11.0 Å². The van der Waals surface area contributed by atoms with E-state index < -0.39 is 37.2 Å². The van der Waals surface area contributed by atoms with Crippen molar-refractivity contribution in [2.75, 3.05) is 50.9 Å². The number of alkyl halides is 3. The molecule has 0 aromatic carbocycles. The number of amides is 1. The second kappa shape index (κ2) is 14.6. The lowest BCUT2D eigenvalue weighted by Crippen LogP contribution is -2.49. The summed E-state index contributed by atoms with van der Waals surface area (Å²) >= 11 is 0. The smallest absolute Gasteiger partial charge is 0.425 e. The summed E-state index contributed by atoms with van der Waals surface area (Å²) in [6.07, 6.45) is -3.32. The third-order valence-corrected chi connectivity index (χ3v) is 8.18. The molecule has 15 heteroatoms. The number of rotatable bonds is 13. The second-order valence-corrected chi connectivity index (χ2v) is 16.8. The van der Waals surface area contributed by atoms with Crippen molar-refractivity contribution in [1.82, 2.24) is 19.7 Å². The van der Waals surface area contributed by atoms with E-state index in [-0.39, 0.29) is 32.3 Å². The number of carbonyl (C=O) groups excluding carboxylic acids is 1. The van der Waals surface area contributed by atoms with Gasteiger partial charge in [-0.15, -0.1) is 0 Å². The van der Waals surface area contributed by atoms with E-state index in [2.05, 4.69) is 29.7 Å². The van der Waals surface area contributed by atoms with Crippen LogP contribution in [0, 0.1) is 11.3 Å². The van der Waals surface area contributed by atoms with Crippen molar-refractivity contribution in [3.63, 3.8) is 0 Å². The first kappa shape index (κ1) is 33.0. The Labute approximate surface area is 243 Å². The van der Waals surface area contributed by atoms with Crippen LogP contribution in [-0.2, 0) is 27.2 Å². The number of carbonyl (C=O) groups is 1. The monoisotopic (exact) mass is 610 g/mol. The van der Waals surface area contributed by atoms with Gasteiger partial charge in [0.2, 0.25) is 5.91 Å². The molecule has 230 valence electrons. The van der Waals surface area contributed by atoms with Crippen LogP contribution in [0.3, 0.4) is 0 Å². The fourth-order valence-corrected chi connectivity index (χ4v) is 4.84. The van der Waals surface area contributed by atoms with Gasteiger partial charge in [-0.25, -0.2) is 9.67 Å². The number of nitrogens with zero attached hydrogens (tertiary/aromatic N) is 6. The van der Waals surface area contributed by atoms with Gasteiger partial charge in [-0.05, 0) is 25.1 Å². The minimum absolute atomic E-state index is 0.0602. The highest BCUT2D eigenvalue weighted by molar-refractivity contribution is 6.76. The van der Waals surface area contributed by atoms with Crippen LogP contribution < -0.4 is 15.2 Å². The first-order chi connectivity index (χ1) is 19.8. The molecule has 1 atom stereocenters. The summed E-state index contributed by atoms with van der Waals surface area (Å²) in [6, 6.07) is 6.30. The summed E-state index contributed by atoms with van der Waals surface area (Å²) in [5.74, 6) is -0.0479. The minimum Gasteiger partial charge on any atom is -0.486 e. The van der Waals surface area contributed by atoms with Gasteiger partial charge in [0.1, 0.15) is 24.7 Å². The molecule has 0 bridgehead atoms.